The summed E-state index contributed by atoms with van der Waals surface area (Å²) in [5.74, 6) is 1.29. The monoisotopic (exact) mass is 304 g/mol. The molecule has 2 aromatic carbocycles. The van der Waals surface area contributed by atoms with Crippen molar-refractivity contribution in [3.8, 4) is 17.2 Å². The number of nitrogens with zero attached hydrogens (tertiary/aromatic N) is 1. The van der Waals surface area contributed by atoms with Gasteiger partial charge in [0.1, 0.15) is 5.82 Å². The van der Waals surface area contributed by atoms with E-state index in [2.05, 4.69) is 10.5 Å². The van der Waals surface area contributed by atoms with E-state index in [4.69, 9.17) is 14.2 Å². The van der Waals surface area contributed by atoms with Gasteiger partial charge in [0.25, 0.3) is 0 Å². The van der Waals surface area contributed by atoms with Gasteiger partial charge in [-0.25, -0.2) is 4.39 Å². The van der Waals surface area contributed by atoms with Gasteiger partial charge in [-0.2, -0.15) is 5.10 Å². The Kier molecular flexibility index (Phi) is 5.19. The fraction of sp³-hybridized carbons (Fsp3) is 0.188. The Morgan fingerprint density at radius 2 is 1.59 bits per heavy atom. The molecule has 0 aromatic heterocycles. The third kappa shape index (κ3) is 3.46. The van der Waals surface area contributed by atoms with E-state index in [9.17, 15) is 4.39 Å². The normalized spacial score (nSPS) is 10.5. The summed E-state index contributed by atoms with van der Waals surface area (Å²) in [6.45, 7) is 0. The number of nitrogens with one attached hydrogen (secondary N) is 1. The first kappa shape index (κ1) is 15.6. The third-order valence-corrected chi connectivity index (χ3v) is 2.98. The molecule has 0 radical (unpaired) electrons. The summed E-state index contributed by atoms with van der Waals surface area (Å²) in [7, 11) is 4.64. The smallest absolute Gasteiger partial charge is 0.203 e. The van der Waals surface area contributed by atoms with Gasteiger partial charge in [-0.3, -0.25) is 5.43 Å². The summed E-state index contributed by atoms with van der Waals surface area (Å²) < 4.78 is 28.7. The Balaban J connectivity index is 2.21. The van der Waals surface area contributed by atoms with Crippen LogP contribution < -0.4 is 19.6 Å². The lowest BCUT2D eigenvalue weighted by Gasteiger charge is -2.13. The van der Waals surface area contributed by atoms with Crippen LogP contribution in [0.2, 0.25) is 0 Å². The van der Waals surface area contributed by atoms with E-state index in [0.29, 0.717) is 22.9 Å². The van der Waals surface area contributed by atoms with E-state index < -0.39 is 0 Å². The zero-order valence-corrected chi connectivity index (χ0v) is 12.6. The number of hydrazone groups is 1. The Morgan fingerprint density at radius 1 is 0.909 bits per heavy atom. The van der Waals surface area contributed by atoms with Crippen LogP contribution in [0.25, 0.3) is 0 Å². The van der Waals surface area contributed by atoms with Crippen molar-refractivity contribution in [3.05, 3.63) is 47.8 Å². The molecule has 0 unspecified atom stereocenters. The predicted octanol–water partition coefficient (Wildman–Crippen LogP) is 3.30. The summed E-state index contributed by atoms with van der Waals surface area (Å²) in [5, 5.41) is 4.11. The highest BCUT2D eigenvalue weighted by Crippen LogP contribution is 2.38. The Labute approximate surface area is 128 Å². The molecule has 5 nitrogen and oxygen atoms in total. The summed E-state index contributed by atoms with van der Waals surface area (Å²) in [4.78, 5) is 0. The lowest BCUT2D eigenvalue weighted by Crippen LogP contribution is -1.99. The molecule has 2 rings (SSSR count). The van der Waals surface area contributed by atoms with Gasteiger partial charge in [0.05, 0.1) is 33.2 Å². The SMILES string of the molecule is COc1ccc(/C=N/Nc2ccc(F)cc2)c(OC)c1OC. The van der Waals surface area contributed by atoms with Crippen LogP contribution in [0.5, 0.6) is 17.2 Å². The summed E-state index contributed by atoms with van der Waals surface area (Å²) in [6, 6.07) is 9.47. The number of hydrogen-bond acceptors (Lipinski definition) is 5. The number of anilines is 1. The van der Waals surface area contributed by atoms with Crippen LogP contribution in [0.3, 0.4) is 0 Å². The second-order valence-electron chi connectivity index (χ2n) is 4.30. The molecule has 1 N–H and O–H groups in total. The zero-order valence-electron chi connectivity index (χ0n) is 12.6. The average molecular weight is 304 g/mol. The maximum atomic E-state index is 12.8. The quantitative estimate of drug-likeness (QED) is 0.657. The molecule has 0 aliphatic carbocycles. The second-order valence-corrected chi connectivity index (χ2v) is 4.30. The molecule has 2 aromatic rings. The Hall–Kier alpha value is -2.76. The first-order valence-electron chi connectivity index (χ1n) is 6.53. The van der Waals surface area contributed by atoms with Gasteiger partial charge < -0.3 is 14.2 Å². The molecule has 0 aliphatic heterocycles. The van der Waals surface area contributed by atoms with Gasteiger partial charge in [-0.15, -0.1) is 0 Å². The van der Waals surface area contributed by atoms with Crippen molar-refractivity contribution in [2.45, 2.75) is 0 Å². The molecular weight excluding hydrogens is 287 g/mol. The van der Waals surface area contributed by atoms with Crippen molar-refractivity contribution >= 4 is 11.9 Å². The fourth-order valence-corrected chi connectivity index (χ4v) is 1.93. The van der Waals surface area contributed by atoms with Gasteiger partial charge in [-0.1, -0.05) is 0 Å². The summed E-state index contributed by atoms with van der Waals surface area (Å²) in [5.41, 5.74) is 4.21. The molecule has 0 atom stereocenters. The van der Waals surface area contributed by atoms with Crippen LogP contribution in [-0.2, 0) is 0 Å². The van der Waals surface area contributed by atoms with Crippen LogP contribution in [0.15, 0.2) is 41.5 Å². The highest BCUT2D eigenvalue weighted by molar-refractivity contribution is 5.86. The molecule has 0 amide bonds. The average Bonchev–Trinajstić information content (AvgIpc) is 2.55. The molecule has 116 valence electrons. The van der Waals surface area contributed by atoms with Crippen LogP contribution in [0, 0.1) is 5.82 Å². The largest absolute Gasteiger partial charge is 0.493 e. The molecule has 0 saturated heterocycles. The molecule has 0 heterocycles. The zero-order chi connectivity index (χ0) is 15.9. The van der Waals surface area contributed by atoms with Gasteiger partial charge in [0, 0.05) is 5.56 Å². The van der Waals surface area contributed by atoms with E-state index in [0.717, 1.165) is 5.56 Å². The predicted molar refractivity (Wildman–Crippen MR) is 83.7 cm³/mol. The maximum Gasteiger partial charge on any atom is 0.203 e. The van der Waals surface area contributed by atoms with Crippen molar-refractivity contribution in [1.82, 2.24) is 0 Å². The number of rotatable bonds is 6. The van der Waals surface area contributed by atoms with Crippen LogP contribution in [-0.4, -0.2) is 27.5 Å². The van der Waals surface area contributed by atoms with Gasteiger partial charge in [0.2, 0.25) is 5.75 Å². The van der Waals surface area contributed by atoms with Crippen molar-refractivity contribution < 1.29 is 18.6 Å². The summed E-state index contributed by atoms with van der Waals surface area (Å²) in [6.07, 6.45) is 1.59. The first-order valence-corrected chi connectivity index (χ1v) is 6.53. The van der Waals surface area contributed by atoms with E-state index >= 15 is 0 Å². The van der Waals surface area contributed by atoms with E-state index in [1.807, 2.05) is 0 Å². The first-order chi connectivity index (χ1) is 10.7. The minimum absolute atomic E-state index is 0.295. The van der Waals surface area contributed by atoms with Gasteiger partial charge in [0.15, 0.2) is 11.5 Å². The molecule has 0 saturated carbocycles. The molecular formula is C16H17FN2O3. The molecule has 6 heteroatoms. The minimum Gasteiger partial charge on any atom is -0.493 e. The van der Waals surface area contributed by atoms with E-state index in [1.54, 1.807) is 44.7 Å². The standard InChI is InChI=1S/C16H17FN2O3/c1-20-14-9-4-11(15(21-2)16(14)22-3)10-18-19-13-7-5-12(17)6-8-13/h4-10,19H,1-3H3/b18-10+. The number of methoxy groups -OCH3 is 3. The van der Waals surface area contributed by atoms with Crippen molar-refractivity contribution in [3.63, 3.8) is 0 Å². The number of halogens is 1. The van der Waals surface area contributed by atoms with Gasteiger partial charge >= 0.3 is 0 Å². The molecule has 22 heavy (non-hydrogen) atoms. The maximum absolute atomic E-state index is 12.8. The van der Waals surface area contributed by atoms with Crippen molar-refractivity contribution in [2.75, 3.05) is 26.8 Å². The fourth-order valence-electron chi connectivity index (χ4n) is 1.93. The van der Waals surface area contributed by atoms with Crippen molar-refractivity contribution in [1.29, 1.82) is 0 Å². The Morgan fingerprint density at radius 3 is 2.18 bits per heavy atom. The minimum atomic E-state index is -0.295. The number of hydrogen-bond donors (Lipinski definition) is 1. The third-order valence-electron chi connectivity index (χ3n) is 2.98. The van der Waals surface area contributed by atoms with Crippen LogP contribution >= 0.6 is 0 Å². The molecule has 0 bridgehead atoms. The van der Waals surface area contributed by atoms with E-state index in [-0.39, 0.29) is 5.82 Å². The molecule has 0 spiro atoms. The molecule has 0 aliphatic rings. The topological polar surface area (TPSA) is 52.1 Å². The van der Waals surface area contributed by atoms with Crippen LogP contribution in [0.1, 0.15) is 5.56 Å². The van der Waals surface area contributed by atoms with Crippen LogP contribution in [0.4, 0.5) is 10.1 Å². The highest BCUT2D eigenvalue weighted by Gasteiger charge is 2.14. The second kappa shape index (κ2) is 7.31. The number of benzene rings is 2. The lowest BCUT2D eigenvalue weighted by atomic mass is 10.2. The van der Waals surface area contributed by atoms with Crippen molar-refractivity contribution in [2.24, 2.45) is 5.10 Å². The van der Waals surface area contributed by atoms with E-state index in [1.165, 1.54) is 19.2 Å². The highest BCUT2D eigenvalue weighted by atomic mass is 19.1. The summed E-state index contributed by atoms with van der Waals surface area (Å²) >= 11 is 0. The number of ether oxygens (including phenoxy) is 3. The van der Waals surface area contributed by atoms with Gasteiger partial charge in [-0.05, 0) is 36.4 Å². The lowest BCUT2D eigenvalue weighted by molar-refractivity contribution is 0.324. The molecule has 0 fully saturated rings. The Bertz CT molecular complexity index is 657.